The molecule has 12 fully saturated rings. The fraction of sp³-hybridized carbons (Fsp3) is 0.714. The standard InChI is InChI=1S/C42H51N9/c1-4-49(34(43-1)40-16-25-7-26(17-40)9-27(8-25)18-40)37-46-38(50-5-2-44-35(50)41-19-28-10-29(20-41)12-30(11-28)21-41)48-39(47-37)51-6-3-45-36(51)42-22-31-13-32(23-42)15-33(14-31)24-42/h1-6,25-33H,7-24H2. The number of imidazole rings is 3. The molecule has 12 aliphatic carbocycles. The lowest BCUT2D eigenvalue weighted by molar-refractivity contribution is -0.0102. The summed E-state index contributed by atoms with van der Waals surface area (Å²) in [6.45, 7) is 0. The molecule has 0 saturated heterocycles. The minimum atomic E-state index is 0.129. The van der Waals surface area contributed by atoms with E-state index in [1.54, 1.807) is 0 Å². The number of nitrogens with zero attached hydrogens (tertiary/aromatic N) is 9. The van der Waals surface area contributed by atoms with Crippen molar-refractivity contribution >= 4 is 0 Å². The summed E-state index contributed by atoms with van der Waals surface area (Å²) in [5, 5.41) is 0. The molecule has 12 bridgehead atoms. The lowest BCUT2D eigenvalue weighted by Gasteiger charge is -2.56. The molecular formula is C42H51N9. The van der Waals surface area contributed by atoms with E-state index in [-0.39, 0.29) is 16.2 Å². The number of hydrogen-bond donors (Lipinski definition) is 0. The van der Waals surface area contributed by atoms with Crippen LogP contribution in [0.15, 0.2) is 37.2 Å². The quantitative estimate of drug-likeness (QED) is 0.206. The van der Waals surface area contributed by atoms with Crippen molar-refractivity contribution in [2.75, 3.05) is 0 Å². The second-order valence-electron chi connectivity index (χ2n) is 20.2. The Morgan fingerprint density at radius 3 is 0.784 bits per heavy atom. The Hall–Kier alpha value is -3.36. The highest BCUT2D eigenvalue weighted by Gasteiger charge is 2.56. The third-order valence-electron chi connectivity index (χ3n) is 16.7. The SMILES string of the molecule is c1cn(-c2nc(-n3ccnc3C34CC5CC(CC(C5)C3)C4)nc(-n3ccnc3C34CC5CC(CC(C5)C3)C4)n2)c(C23CC4CC(CC(C4)C2)C3)n1. The first-order valence-corrected chi connectivity index (χ1v) is 20.9. The average Bonchev–Trinajstić information content (AvgIpc) is 3.88. The summed E-state index contributed by atoms with van der Waals surface area (Å²) in [6, 6.07) is 0. The van der Waals surface area contributed by atoms with Gasteiger partial charge < -0.3 is 0 Å². The Labute approximate surface area is 300 Å². The van der Waals surface area contributed by atoms with E-state index < -0.39 is 0 Å². The Balaban J connectivity index is 0.974. The van der Waals surface area contributed by atoms with Gasteiger partial charge in [-0.25, -0.2) is 15.0 Å². The van der Waals surface area contributed by atoms with E-state index in [0.29, 0.717) is 17.8 Å². The first-order valence-electron chi connectivity index (χ1n) is 20.9. The number of rotatable bonds is 6. The van der Waals surface area contributed by atoms with Crippen molar-refractivity contribution < 1.29 is 0 Å². The third-order valence-corrected chi connectivity index (χ3v) is 16.7. The lowest BCUT2D eigenvalue weighted by Crippen LogP contribution is -2.50. The zero-order chi connectivity index (χ0) is 33.1. The van der Waals surface area contributed by atoms with Crippen molar-refractivity contribution in [3.63, 3.8) is 0 Å². The van der Waals surface area contributed by atoms with Crippen LogP contribution in [0.3, 0.4) is 0 Å². The molecule has 264 valence electrons. The number of aromatic nitrogens is 9. The molecule has 0 spiro atoms. The summed E-state index contributed by atoms with van der Waals surface area (Å²) in [5.74, 6) is 13.2. The maximum absolute atomic E-state index is 5.42. The van der Waals surface area contributed by atoms with Crippen LogP contribution in [0.5, 0.6) is 0 Å². The fourth-order valence-corrected chi connectivity index (χ4v) is 16.4. The van der Waals surface area contributed by atoms with Crippen molar-refractivity contribution in [2.45, 2.75) is 132 Å². The molecular weight excluding hydrogens is 631 g/mol. The summed E-state index contributed by atoms with van der Waals surface area (Å²) in [7, 11) is 0. The van der Waals surface area contributed by atoms with Crippen molar-refractivity contribution in [3.05, 3.63) is 54.7 Å². The van der Waals surface area contributed by atoms with E-state index in [0.717, 1.165) is 53.3 Å². The van der Waals surface area contributed by atoms with Crippen molar-refractivity contribution in [1.82, 2.24) is 43.6 Å². The normalized spacial score (nSPS) is 43.9. The molecule has 0 aromatic carbocycles. The Morgan fingerprint density at radius 1 is 0.353 bits per heavy atom. The van der Waals surface area contributed by atoms with Crippen LogP contribution in [0, 0.1) is 53.3 Å². The zero-order valence-electron chi connectivity index (χ0n) is 29.9. The van der Waals surface area contributed by atoms with Gasteiger partial charge in [-0.15, -0.1) is 0 Å². The topological polar surface area (TPSA) is 92.1 Å². The van der Waals surface area contributed by atoms with Crippen molar-refractivity contribution in [3.8, 4) is 17.8 Å². The predicted octanol–water partition coefficient (Wildman–Crippen LogP) is 7.83. The van der Waals surface area contributed by atoms with E-state index in [4.69, 9.17) is 29.9 Å². The summed E-state index contributed by atoms with van der Waals surface area (Å²) < 4.78 is 6.80. The number of hydrogen-bond acceptors (Lipinski definition) is 6. The molecule has 16 rings (SSSR count). The molecule has 9 heteroatoms. The van der Waals surface area contributed by atoms with Crippen molar-refractivity contribution in [2.24, 2.45) is 53.3 Å². The highest BCUT2D eigenvalue weighted by molar-refractivity contribution is 5.35. The van der Waals surface area contributed by atoms with Gasteiger partial charge in [-0.3, -0.25) is 13.7 Å². The third kappa shape index (κ3) is 4.15. The maximum Gasteiger partial charge on any atom is 0.241 e. The van der Waals surface area contributed by atoms with Crippen molar-refractivity contribution in [1.29, 1.82) is 0 Å². The van der Waals surface area contributed by atoms with Gasteiger partial charge in [0.2, 0.25) is 17.8 Å². The van der Waals surface area contributed by atoms with E-state index in [1.165, 1.54) is 133 Å². The van der Waals surface area contributed by atoms with Gasteiger partial charge in [-0.1, -0.05) is 0 Å². The van der Waals surface area contributed by atoms with E-state index in [1.807, 2.05) is 18.6 Å². The van der Waals surface area contributed by atoms with Gasteiger partial charge in [0.25, 0.3) is 0 Å². The van der Waals surface area contributed by atoms with Crippen LogP contribution in [-0.2, 0) is 16.2 Å². The molecule has 0 atom stereocenters. The zero-order valence-corrected chi connectivity index (χ0v) is 29.9. The van der Waals surface area contributed by atoms with Gasteiger partial charge in [-0.05, 0) is 169 Å². The van der Waals surface area contributed by atoms with Gasteiger partial charge in [0.1, 0.15) is 17.5 Å². The maximum atomic E-state index is 5.42. The molecule has 0 radical (unpaired) electrons. The second kappa shape index (κ2) is 9.98. The van der Waals surface area contributed by atoms with Crippen LogP contribution in [-0.4, -0.2) is 43.6 Å². The average molecular weight is 682 g/mol. The summed E-state index contributed by atoms with van der Waals surface area (Å²) in [4.78, 5) is 31.8. The van der Waals surface area contributed by atoms with E-state index in [9.17, 15) is 0 Å². The molecule has 0 N–H and O–H groups in total. The monoisotopic (exact) mass is 681 g/mol. The van der Waals surface area contributed by atoms with Gasteiger partial charge in [0.15, 0.2) is 0 Å². The summed E-state index contributed by atoms with van der Waals surface area (Å²) >= 11 is 0. The van der Waals surface area contributed by atoms with Crippen LogP contribution in [0.25, 0.3) is 17.8 Å². The van der Waals surface area contributed by atoms with Crippen LogP contribution >= 0.6 is 0 Å². The van der Waals surface area contributed by atoms with E-state index in [2.05, 4.69) is 32.3 Å². The molecule has 4 heterocycles. The van der Waals surface area contributed by atoms with Gasteiger partial charge in [0.05, 0.1) is 0 Å². The van der Waals surface area contributed by atoms with Crippen LogP contribution < -0.4 is 0 Å². The Bertz CT molecular complexity index is 1700. The van der Waals surface area contributed by atoms with Gasteiger partial charge in [-0.2, -0.15) is 15.0 Å². The first-order chi connectivity index (χ1) is 25.0. The molecule has 9 nitrogen and oxygen atoms in total. The first kappa shape index (κ1) is 29.1. The minimum absolute atomic E-state index is 0.129. The summed E-state index contributed by atoms with van der Waals surface area (Å²) in [5.41, 5.74) is 0.387. The molecule has 12 saturated carbocycles. The Morgan fingerprint density at radius 2 is 0.569 bits per heavy atom. The largest absolute Gasteiger partial charge is 0.271 e. The molecule has 4 aromatic heterocycles. The molecule has 4 aromatic rings. The van der Waals surface area contributed by atoms with Crippen LogP contribution in [0.2, 0.25) is 0 Å². The molecule has 51 heavy (non-hydrogen) atoms. The predicted molar refractivity (Wildman–Crippen MR) is 191 cm³/mol. The summed E-state index contributed by atoms with van der Waals surface area (Å²) in [6.07, 6.45) is 36.5. The van der Waals surface area contributed by atoms with Crippen LogP contribution in [0.1, 0.15) is 133 Å². The fourth-order valence-electron chi connectivity index (χ4n) is 16.4. The molecule has 0 amide bonds. The highest BCUT2D eigenvalue weighted by Crippen LogP contribution is 2.63. The van der Waals surface area contributed by atoms with Gasteiger partial charge in [0, 0.05) is 53.4 Å². The lowest BCUT2D eigenvalue weighted by atomic mass is 9.49. The molecule has 12 aliphatic rings. The smallest absolute Gasteiger partial charge is 0.241 e. The Kier molecular flexibility index (Phi) is 5.70. The molecule has 0 unspecified atom stereocenters. The van der Waals surface area contributed by atoms with E-state index >= 15 is 0 Å². The minimum Gasteiger partial charge on any atom is -0.271 e. The highest BCUT2D eigenvalue weighted by atomic mass is 15.3. The molecule has 0 aliphatic heterocycles. The van der Waals surface area contributed by atoms with Gasteiger partial charge >= 0.3 is 0 Å². The van der Waals surface area contributed by atoms with Crippen LogP contribution in [0.4, 0.5) is 0 Å². The second-order valence-corrected chi connectivity index (χ2v) is 20.2.